The topological polar surface area (TPSA) is 71.6 Å². The fourth-order valence-corrected chi connectivity index (χ4v) is 1.93. The average Bonchev–Trinajstić information content (AvgIpc) is 2.29. The monoisotopic (exact) mass is 269 g/mol. The van der Waals surface area contributed by atoms with Crippen molar-refractivity contribution in [1.82, 2.24) is 9.88 Å². The molecule has 1 unspecified atom stereocenters. The Morgan fingerprint density at radius 3 is 3.00 bits per heavy atom. The van der Waals surface area contributed by atoms with Crippen molar-refractivity contribution in [3.05, 3.63) is 29.6 Å². The van der Waals surface area contributed by atoms with Gasteiger partial charge in [0.2, 0.25) is 0 Å². The summed E-state index contributed by atoms with van der Waals surface area (Å²) < 4.78 is 4.89. The Morgan fingerprint density at radius 1 is 1.67 bits per heavy atom. The molecule has 0 aliphatic carbocycles. The number of hydrogen-bond acceptors (Lipinski definition) is 5. The van der Waals surface area contributed by atoms with E-state index in [9.17, 15) is 5.11 Å². The lowest BCUT2D eigenvalue weighted by molar-refractivity contribution is 0.0418. The number of hydrogen-bond donors (Lipinski definition) is 2. The number of aromatic nitrogens is 1. The van der Waals surface area contributed by atoms with E-state index in [0.717, 1.165) is 5.56 Å². The molecular weight excluding hydrogens is 250 g/mol. The molecule has 0 radical (unpaired) electrons. The third-order valence-corrected chi connectivity index (χ3v) is 2.64. The molecule has 100 valence electrons. The Morgan fingerprint density at radius 2 is 2.39 bits per heavy atom. The molecule has 0 fully saturated rings. The van der Waals surface area contributed by atoms with Gasteiger partial charge in [0.15, 0.2) is 0 Å². The second-order valence-electron chi connectivity index (χ2n) is 4.18. The number of methoxy groups -OCH3 is 1. The fourth-order valence-electron chi connectivity index (χ4n) is 1.75. The van der Waals surface area contributed by atoms with Crippen LogP contribution in [0, 0.1) is 0 Å². The summed E-state index contributed by atoms with van der Waals surface area (Å²) in [5.41, 5.74) is 7.22. The van der Waals surface area contributed by atoms with Gasteiger partial charge in [-0.05, 0) is 18.7 Å². The summed E-state index contributed by atoms with van der Waals surface area (Å²) in [6.07, 6.45) is 1.16. The molecule has 1 aromatic rings. The van der Waals surface area contributed by atoms with E-state index in [2.05, 4.69) is 4.98 Å². The van der Waals surface area contributed by atoms with Crippen LogP contribution in [0.5, 0.6) is 0 Å². The number of likely N-dealkylation sites (N-methyl/N-ethyl adjacent to an activating group) is 1. The molecule has 1 heterocycles. The largest absolute Gasteiger partial charge is 0.389 e. The molecule has 0 bridgehead atoms. The zero-order valence-corrected chi connectivity index (χ0v) is 11.5. The van der Waals surface area contributed by atoms with Crippen LogP contribution >= 0.6 is 12.2 Å². The summed E-state index contributed by atoms with van der Waals surface area (Å²) in [5.74, 6) is 0. The number of rotatable bonds is 7. The standard InChI is InChI=1S/C12H19N3O2S/c1-15(7-10(16)8-17-2)6-9-4-3-5-14-11(9)12(13)18/h3-5,10,16H,6-8H2,1-2H3,(H2,13,18). The van der Waals surface area contributed by atoms with E-state index in [4.69, 9.17) is 22.7 Å². The minimum atomic E-state index is -0.509. The van der Waals surface area contributed by atoms with Crippen LogP contribution in [0.3, 0.4) is 0 Å². The van der Waals surface area contributed by atoms with Crippen LogP contribution in [-0.2, 0) is 11.3 Å². The van der Waals surface area contributed by atoms with Gasteiger partial charge in [-0.15, -0.1) is 0 Å². The van der Waals surface area contributed by atoms with Crippen LogP contribution in [0.15, 0.2) is 18.3 Å². The number of nitrogens with two attached hydrogens (primary N) is 1. The molecule has 0 spiro atoms. The summed E-state index contributed by atoms with van der Waals surface area (Å²) in [6, 6.07) is 3.78. The smallest absolute Gasteiger partial charge is 0.123 e. The van der Waals surface area contributed by atoms with Gasteiger partial charge in [-0.2, -0.15) is 0 Å². The highest BCUT2D eigenvalue weighted by Gasteiger charge is 2.11. The van der Waals surface area contributed by atoms with Crippen molar-refractivity contribution in [3.8, 4) is 0 Å². The molecule has 6 heteroatoms. The molecule has 0 saturated heterocycles. The average molecular weight is 269 g/mol. The van der Waals surface area contributed by atoms with Crippen LogP contribution < -0.4 is 5.73 Å². The van der Waals surface area contributed by atoms with Gasteiger partial charge in [-0.25, -0.2) is 0 Å². The van der Waals surface area contributed by atoms with E-state index in [0.29, 0.717) is 25.4 Å². The van der Waals surface area contributed by atoms with E-state index in [1.165, 1.54) is 0 Å². The molecular formula is C12H19N3O2S. The third-order valence-electron chi connectivity index (χ3n) is 2.45. The molecule has 1 atom stereocenters. The Bertz CT molecular complexity index is 401. The van der Waals surface area contributed by atoms with Crippen molar-refractivity contribution < 1.29 is 9.84 Å². The van der Waals surface area contributed by atoms with E-state index in [1.807, 2.05) is 24.1 Å². The highest BCUT2D eigenvalue weighted by Crippen LogP contribution is 2.08. The summed E-state index contributed by atoms with van der Waals surface area (Å²) in [7, 11) is 3.48. The van der Waals surface area contributed by atoms with Gasteiger partial charge >= 0.3 is 0 Å². The maximum absolute atomic E-state index is 9.64. The second-order valence-corrected chi connectivity index (χ2v) is 4.62. The Labute approximate surface area is 113 Å². The van der Waals surface area contributed by atoms with Crippen LogP contribution in [0.1, 0.15) is 11.3 Å². The van der Waals surface area contributed by atoms with E-state index in [1.54, 1.807) is 13.3 Å². The van der Waals surface area contributed by atoms with Gasteiger partial charge in [-0.3, -0.25) is 9.88 Å². The van der Waals surface area contributed by atoms with Crippen molar-refractivity contribution in [2.24, 2.45) is 5.73 Å². The van der Waals surface area contributed by atoms with Crippen molar-refractivity contribution in [2.45, 2.75) is 12.6 Å². The summed E-state index contributed by atoms with van der Waals surface area (Å²) in [5, 5.41) is 9.64. The van der Waals surface area contributed by atoms with Gasteiger partial charge in [0.1, 0.15) is 10.7 Å². The lowest BCUT2D eigenvalue weighted by Gasteiger charge is -2.21. The number of nitrogens with zero attached hydrogens (tertiary/aromatic N) is 2. The van der Waals surface area contributed by atoms with Crippen LogP contribution in [0.2, 0.25) is 0 Å². The lowest BCUT2D eigenvalue weighted by atomic mass is 10.1. The highest BCUT2D eigenvalue weighted by molar-refractivity contribution is 7.80. The fraction of sp³-hybridized carbons (Fsp3) is 0.500. The van der Waals surface area contributed by atoms with Crippen molar-refractivity contribution >= 4 is 17.2 Å². The first-order valence-electron chi connectivity index (χ1n) is 5.63. The highest BCUT2D eigenvalue weighted by atomic mass is 32.1. The molecule has 18 heavy (non-hydrogen) atoms. The Hall–Kier alpha value is -1.08. The van der Waals surface area contributed by atoms with Gasteiger partial charge in [0, 0.05) is 26.4 Å². The van der Waals surface area contributed by atoms with Gasteiger partial charge in [0.25, 0.3) is 0 Å². The number of pyridine rings is 1. The minimum Gasteiger partial charge on any atom is -0.389 e. The maximum Gasteiger partial charge on any atom is 0.123 e. The molecule has 0 amide bonds. The Balaban J connectivity index is 2.64. The molecule has 0 aliphatic rings. The van der Waals surface area contributed by atoms with Gasteiger partial charge < -0.3 is 15.6 Å². The van der Waals surface area contributed by atoms with Gasteiger partial charge in [0.05, 0.1) is 12.7 Å². The lowest BCUT2D eigenvalue weighted by Crippen LogP contribution is -2.32. The van der Waals surface area contributed by atoms with Crippen LogP contribution in [0.25, 0.3) is 0 Å². The van der Waals surface area contributed by atoms with Crippen molar-refractivity contribution in [2.75, 3.05) is 27.3 Å². The quantitative estimate of drug-likeness (QED) is 0.687. The maximum atomic E-state index is 9.64. The Kier molecular flexibility index (Phi) is 6.14. The zero-order chi connectivity index (χ0) is 13.5. The van der Waals surface area contributed by atoms with E-state index >= 15 is 0 Å². The second kappa shape index (κ2) is 7.38. The number of ether oxygens (including phenoxy) is 1. The number of aliphatic hydroxyl groups is 1. The summed E-state index contributed by atoms with van der Waals surface area (Å²) in [4.78, 5) is 6.43. The SMILES string of the molecule is COCC(O)CN(C)Cc1cccnc1C(N)=S. The van der Waals surface area contributed by atoms with Crippen molar-refractivity contribution in [1.29, 1.82) is 0 Å². The zero-order valence-electron chi connectivity index (χ0n) is 10.7. The summed E-state index contributed by atoms with van der Waals surface area (Å²) >= 11 is 4.96. The van der Waals surface area contributed by atoms with Crippen LogP contribution in [0.4, 0.5) is 0 Å². The van der Waals surface area contributed by atoms with Crippen molar-refractivity contribution in [3.63, 3.8) is 0 Å². The van der Waals surface area contributed by atoms with Gasteiger partial charge in [-0.1, -0.05) is 18.3 Å². The predicted molar refractivity (Wildman–Crippen MR) is 74.3 cm³/mol. The minimum absolute atomic E-state index is 0.288. The molecule has 0 saturated carbocycles. The summed E-state index contributed by atoms with van der Waals surface area (Å²) in [6.45, 7) is 1.46. The van der Waals surface area contributed by atoms with E-state index in [-0.39, 0.29) is 4.99 Å². The number of aliphatic hydroxyl groups excluding tert-OH is 1. The molecule has 5 nitrogen and oxygen atoms in total. The van der Waals surface area contributed by atoms with Crippen LogP contribution in [-0.4, -0.2) is 53.4 Å². The third kappa shape index (κ3) is 4.66. The first kappa shape index (κ1) is 15.0. The molecule has 3 N–H and O–H groups in total. The number of thiocarbonyl (C=S) groups is 1. The van der Waals surface area contributed by atoms with E-state index < -0.39 is 6.10 Å². The molecule has 0 aliphatic heterocycles. The first-order chi connectivity index (χ1) is 8.54. The molecule has 0 aromatic carbocycles. The first-order valence-corrected chi connectivity index (χ1v) is 6.04. The molecule has 1 rings (SSSR count). The normalized spacial score (nSPS) is 12.7. The molecule has 1 aromatic heterocycles. The predicted octanol–water partition coefficient (Wildman–Crippen LogP) is 0.155.